The number of carbonyl (C=O) groups is 2. The van der Waals surface area contributed by atoms with E-state index >= 15 is 0 Å². The summed E-state index contributed by atoms with van der Waals surface area (Å²) in [5.74, 6) is -1.01. The van der Waals surface area contributed by atoms with Gasteiger partial charge in [-0.1, -0.05) is 29.8 Å². The van der Waals surface area contributed by atoms with Gasteiger partial charge < -0.3 is 14.8 Å². The quantitative estimate of drug-likeness (QED) is 0.581. The third-order valence-electron chi connectivity index (χ3n) is 3.90. The molecule has 0 radical (unpaired) electrons. The second-order valence-electron chi connectivity index (χ2n) is 5.99. The van der Waals surface area contributed by atoms with Crippen LogP contribution in [0.25, 0.3) is 5.69 Å². The van der Waals surface area contributed by atoms with Gasteiger partial charge in [-0.3, -0.25) is 4.79 Å². The fourth-order valence-electron chi connectivity index (χ4n) is 2.54. The van der Waals surface area contributed by atoms with Crippen LogP contribution in [0.4, 0.5) is 5.69 Å². The molecular formula is C21H17ClN4O4. The summed E-state index contributed by atoms with van der Waals surface area (Å²) in [6.45, 7) is 1.49. The second kappa shape index (κ2) is 9.58. The number of para-hydroxylation sites is 1. The molecule has 1 aromatic heterocycles. The maximum Gasteiger partial charge on any atom is 0.362 e. The van der Waals surface area contributed by atoms with E-state index in [9.17, 15) is 9.59 Å². The summed E-state index contributed by atoms with van der Waals surface area (Å²) in [5, 5.41) is 16.0. The minimum Gasteiger partial charge on any atom is -0.480 e. The molecule has 8 nitrogen and oxygen atoms in total. The molecule has 0 unspecified atom stereocenters. The highest BCUT2D eigenvalue weighted by Crippen LogP contribution is 2.22. The number of ether oxygens (including phenoxy) is 2. The molecule has 0 atom stereocenters. The molecule has 1 amide bonds. The largest absolute Gasteiger partial charge is 0.480 e. The molecular weight excluding hydrogens is 408 g/mol. The van der Waals surface area contributed by atoms with Crippen LogP contribution in [0.1, 0.15) is 23.0 Å². The fraction of sp³-hybridized carbons (Fsp3) is 0.143. The number of hydrogen-bond donors (Lipinski definition) is 1. The first-order chi connectivity index (χ1) is 14.5. The maximum atomic E-state index is 12.2. The lowest BCUT2D eigenvalue weighted by Gasteiger charge is -2.08. The van der Waals surface area contributed by atoms with Crippen LogP contribution < -0.4 is 10.1 Å². The van der Waals surface area contributed by atoms with Crippen LogP contribution >= 0.6 is 11.6 Å². The monoisotopic (exact) mass is 424 g/mol. The smallest absolute Gasteiger partial charge is 0.362 e. The number of nitrogens with zero attached hydrogens (tertiary/aromatic N) is 3. The number of rotatable bonds is 7. The van der Waals surface area contributed by atoms with Gasteiger partial charge in [-0.25, -0.2) is 9.48 Å². The number of nitriles is 1. The normalized spacial score (nSPS) is 10.2. The molecule has 152 valence electrons. The molecule has 0 aliphatic carbocycles. The molecule has 0 bridgehead atoms. The molecule has 1 N–H and O–H groups in total. The van der Waals surface area contributed by atoms with Gasteiger partial charge in [0.1, 0.15) is 6.07 Å². The lowest BCUT2D eigenvalue weighted by atomic mass is 10.2. The molecule has 3 rings (SSSR count). The van der Waals surface area contributed by atoms with Crippen molar-refractivity contribution >= 4 is 29.2 Å². The predicted molar refractivity (Wildman–Crippen MR) is 110 cm³/mol. The van der Waals surface area contributed by atoms with E-state index in [1.807, 2.05) is 36.4 Å². The van der Waals surface area contributed by atoms with Gasteiger partial charge in [0, 0.05) is 5.69 Å². The van der Waals surface area contributed by atoms with Gasteiger partial charge in [0.2, 0.25) is 5.69 Å². The maximum absolute atomic E-state index is 12.2. The number of benzene rings is 2. The molecule has 0 aliphatic rings. The van der Waals surface area contributed by atoms with E-state index in [1.54, 1.807) is 13.0 Å². The number of hydrogen-bond acceptors (Lipinski definition) is 6. The highest BCUT2D eigenvalue weighted by molar-refractivity contribution is 6.32. The second-order valence-corrected chi connectivity index (χ2v) is 6.39. The Morgan fingerprint density at radius 2 is 2.00 bits per heavy atom. The first kappa shape index (κ1) is 20.9. The molecule has 0 spiro atoms. The Morgan fingerprint density at radius 3 is 2.67 bits per heavy atom. The topological polar surface area (TPSA) is 106 Å². The van der Waals surface area contributed by atoms with Gasteiger partial charge in [0.05, 0.1) is 29.1 Å². The average Bonchev–Trinajstić information content (AvgIpc) is 3.18. The average molecular weight is 425 g/mol. The number of nitrogens with one attached hydrogen (secondary N) is 1. The van der Waals surface area contributed by atoms with E-state index in [0.717, 1.165) is 5.69 Å². The molecule has 0 saturated heterocycles. The van der Waals surface area contributed by atoms with Crippen molar-refractivity contribution < 1.29 is 19.1 Å². The lowest BCUT2D eigenvalue weighted by molar-refractivity contribution is -0.118. The van der Waals surface area contributed by atoms with Gasteiger partial charge in [-0.2, -0.15) is 10.4 Å². The Morgan fingerprint density at radius 1 is 1.23 bits per heavy atom. The predicted octanol–water partition coefficient (Wildman–Crippen LogP) is 3.59. The van der Waals surface area contributed by atoms with Crippen LogP contribution in [0.3, 0.4) is 0 Å². The van der Waals surface area contributed by atoms with Crippen molar-refractivity contribution in [1.82, 2.24) is 9.78 Å². The third-order valence-corrected chi connectivity index (χ3v) is 4.21. The van der Waals surface area contributed by atoms with E-state index in [4.69, 9.17) is 26.3 Å². The van der Waals surface area contributed by atoms with E-state index < -0.39 is 11.9 Å². The standard InChI is InChI=1S/C21H17ClN4O4/c1-2-29-21(28)20-18(12-26(25-20)16-6-4-3-5-7-16)30-13-19(27)24-15-9-8-14(11-23)17(22)10-15/h3-10,12H,2,13H2,1H3,(H,24,27). The molecule has 2 aromatic carbocycles. The van der Waals surface area contributed by atoms with Gasteiger partial charge in [-0.05, 0) is 37.3 Å². The highest BCUT2D eigenvalue weighted by Gasteiger charge is 2.21. The molecule has 9 heteroatoms. The number of aromatic nitrogens is 2. The fourth-order valence-corrected chi connectivity index (χ4v) is 2.76. The zero-order chi connectivity index (χ0) is 21.5. The Kier molecular flexibility index (Phi) is 6.67. The van der Waals surface area contributed by atoms with Crippen LogP contribution in [-0.2, 0) is 9.53 Å². The Bertz CT molecular complexity index is 1110. The Labute approximate surface area is 177 Å². The SMILES string of the molecule is CCOC(=O)c1nn(-c2ccccc2)cc1OCC(=O)Nc1ccc(C#N)c(Cl)c1. The van der Waals surface area contributed by atoms with Gasteiger partial charge >= 0.3 is 5.97 Å². The molecule has 3 aromatic rings. The zero-order valence-corrected chi connectivity index (χ0v) is 16.7. The van der Waals surface area contributed by atoms with Crippen LogP contribution in [0.5, 0.6) is 5.75 Å². The van der Waals surface area contributed by atoms with E-state index in [2.05, 4.69) is 10.4 Å². The number of anilines is 1. The van der Waals surface area contributed by atoms with Crippen molar-refractivity contribution in [2.45, 2.75) is 6.92 Å². The van der Waals surface area contributed by atoms with Crippen molar-refractivity contribution in [3.8, 4) is 17.5 Å². The lowest BCUT2D eigenvalue weighted by Crippen LogP contribution is -2.20. The van der Waals surface area contributed by atoms with Gasteiger partial charge in [0.25, 0.3) is 5.91 Å². The Hall–Kier alpha value is -3.83. The van der Waals surface area contributed by atoms with Crippen molar-refractivity contribution in [2.24, 2.45) is 0 Å². The summed E-state index contributed by atoms with van der Waals surface area (Å²) >= 11 is 5.96. The molecule has 0 saturated carbocycles. The molecule has 0 fully saturated rings. The molecule has 1 heterocycles. The molecule has 30 heavy (non-hydrogen) atoms. The van der Waals surface area contributed by atoms with Crippen LogP contribution in [-0.4, -0.2) is 34.9 Å². The summed E-state index contributed by atoms with van der Waals surface area (Å²) in [4.78, 5) is 24.5. The number of amides is 1. The third kappa shape index (κ3) is 4.96. The van der Waals surface area contributed by atoms with Crippen LogP contribution in [0, 0.1) is 11.3 Å². The minimum absolute atomic E-state index is 0.0325. The van der Waals surface area contributed by atoms with Crippen molar-refractivity contribution in [3.05, 3.63) is 71.0 Å². The number of halogens is 1. The van der Waals surface area contributed by atoms with Gasteiger partial charge in [-0.15, -0.1) is 0 Å². The van der Waals surface area contributed by atoms with Crippen LogP contribution in [0.15, 0.2) is 54.7 Å². The van der Waals surface area contributed by atoms with E-state index in [-0.39, 0.29) is 29.7 Å². The summed E-state index contributed by atoms with van der Waals surface area (Å²) in [6, 6.07) is 15.6. The van der Waals surface area contributed by atoms with E-state index in [0.29, 0.717) is 11.3 Å². The highest BCUT2D eigenvalue weighted by atomic mass is 35.5. The van der Waals surface area contributed by atoms with Crippen molar-refractivity contribution in [1.29, 1.82) is 5.26 Å². The Balaban J connectivity index is 1.74. The number of carbonyl (C=O) groups excluding carboxylic acids is 2. The first-order valence-electron chi connectivity index (χ1n) is 8.96. The summed E-state index contributed by atoms with van der Waals surface area (Å²) < 4.78 is 12.0. The summed E-state index contributed by atoms with van der Waals surface area (Å²) in [6.07, 6.45) is 1.51. The van der Waals surface area contributed by atoms with E-state index in [1.165, 1.54) is 23.0 Å². The summed E-state index contributed by atoms with van der Waals surface area (Å²) in [5.41, 5.74) is 1.40. The summed E-state index contributed by atoms with van der Waals surface area (Å²) in [7, 11) is 0. The molecule has 0 aliphatic heterocycles. The zero-order valence-electron chi connectivity index (χ0n) is 16.0. The minimum atomic E-state index is -0.651. The van der Waals surface area contributed by atoms with Crippen LogP contribution in [0.2, 0.25) is 5.02 Å². The number of esters is 1. The van der Waals surface area contributed by atoms with Crippen molar-refractivity contribution in [3.63, 3.8) is 0 Å². The van der Waals surface area contributed by atoms with Crippen molar-refractivity contribution in [2.75, 3.05) is 18.5 Å². The first-order valence-corrected chi connectivity index (χ1v) is 9.34. The van der Waals surface area contributed by atoms with Gasteiger partial charge in [0.15, 0.2) is 12.4 Å².